The minimum absolute atomic E-state index is 0.214. The molecule has 0 unspecified atom stereocenters. The summed E-state index contributed by atoms with van der Waals surface area (Å²) in [5, 5.41) is 9.27. The van der Waals surface area contributed by atoms with Gasteiger partial charge in [-0.05, 0) is 36.4 Å². The van der Waals surface area contributed by atoms with Gasteiger partial charge in [0.15, 0.2) is 0 Å². The fourth-order valence-corrected chi connectivity index (χ4v) is 3.36. The van der Waals surface area contributed by atoms with Crippen LogP contribution in [0.15, 0.2) is 53.4 Å². The summed E-state index contributed by atoms with van der Waals surface area (Å²) in [6.07, 6.45) is -17.0. The summed E-state index contributed by atoms with van der Waals surface area (Å²) in [7, 11) is -4.51. The molecule has 4 nitrogen and oxygen atoms in total. The van der Waals surface area contributed by atoms with Crippen LogP contribution in [0.25, 0.3) is 0 Å². The van der Waals surface area contributed by atoms with Gasteiger partial charge >= 0.3 is 18.5 Å². The lowest BCUT2D eigenvalue weighted by Crippen LogP contribution is -2.53. The van der Waals surface area contributed by atoms with Crippen molar-refractivity contribution < 1.29 is 53.0 Å². The van der Waals surface area contributed by atoms with Crippen LogP contribution >= 0.6 is 0 Å². The zero-order valence-electron chi connectivity index (χ0n) is 14.2. The zero-order chi connectivity index (χ0) is 23.2. The molecule has 30 heavy (non-hydrogen) atoms. The molecule has 0 aliphatic carbocycles. The molecular weight excluding hydrogens is 457 g/mol. The maximum absolute atomic E-state index is 12.8. The van der Waals surface area contributed by atoms with Crippen molar-refractivity contribution in [3.63, 3.8) is 0 Å². The lowest BCUT2D eigenvalue weighted by atomic mass is 9.92. The Balaban J connectivity index is 2.33. The highest BCUT2D eigenvalue weighted by molar-refractivity contribution is 7.92. The molecule has 0 saturated heterocycles. The maximum atomic E-state index is 12.8. The summed E-state index contributed by atoms with van der Waals surface area (Å²) in [5.41, 5.74) is -8.43. The minimum Gasteiger partial charge on any atom is -0.369 e. The Hall–Kier alpha value is -2.48. The van der Waals surface area contributed by atoms with Crippen LogP contribution in [-0.4, -0.2) is 25.9 Å². The van der Waals surface area contributed by atoms with Crippen LogP contribution in [0.5, 0.6) is 0 Å². The van der Waals surface area contributed by atoms with Crippen LogP contribution in [0.4, 0.5) is 45.2 Å². The molecule has 0 heterocycles. The Morgan fingerprint density at radius 2 is 1.07 bits per heavy atom. The number of halogens is 9. The summed E-state index contributed by atoms with van der Waals surface area (Å²) in [5.74, 6) is 0. The highest BCUT2D eigenvalue weighted by Gasteiger charge is 2.71. The summed E-state index contributed by atoms with van der Waals surface area (Å²) in [6.45, 7) is 0. The second-order valence-corrected chi connectivity index (χ2v) is 7.59. The molecule has 2 N–H and O–H groups in total. The van der Waals surface area contributed by atoms with Crippen molar-refractivity contribution in [2.24, 2.45) is 0 Å². The number of alkyl halides is 9. The lowest BCUT2D eigenvalue weighted by Gasteiger charge is -2.32. The van der Waals surface area contributed by atoms with Gasteiger partial charge < -0.3 is 5.11 Å². The van der Waals surface area contributed by atoms with Crippen molar-refractivity contribution in [1.29, 1.82) is 0 Å². The smallest absolute Gasteiger partial charge is 0.369 e. The second-order valence-electron chi connectivity index (χ2n) is 5.91. The van der Waals surface area contributed by atoms with Gasteiger partial charge in [0, 0.05) is 11.3 Å². The van der Waals surface area contributed by atoms with Crippen molar-refractivity contribution in [2.75, 3.05) is 4.72 Å². The van der Waals surface area contributed by atoms with Gasteiger partial charge in [-0.3, -0.25) is 4.72 Å². The number of benzene rings is 2. The first-order chi connectivity index (χ1) is 13.4. The molecule has 0 saturated carbocycles. The summed E-state index contributed by atoms with van der Waals surface area (Å²) in [4.78, 5) is -0.637. The van der Waals surface area contributed by atoms with E-state index in [4.69, 9.17) is 0 Å². The first-order valence-corrected chi connectivity index (χ1v) is 9.04. The molecule has 2 rings (SSSR count). The van der Waals surface area contributed by atoms with E-state index in [1.54, 1.807) is 4.72 Å². The van der Waals surface area contributed by atoms with Crippen LogP contribution in [-0.2, 0) is 21.8 Å². The fraction of sp³-hybridized carbons (Fsp3) is 0.250. The van der Waals surface area contributed by atoms with Gasteiger partial charge in [0.25, 0.3) is 15.6 Å². The van der Waals surface area contributed by atoms with Crippen LogP contribution < -0.4 is 4.72 Å². The molecule has 0 aliphatic rings. The third-order valence-electron chi connectivity index (χ3n) is 3.87. The van der Waals surface area contributed by atoms with Crippen molar-refractivity contribution in [3.8, 4) is 0 Å². The summed E-state index contributed by atoms with van der Waals surface area (Å²) >= 11 is 0. The van der Waals surface area contributed by atoms with E-state index in [0.29, 0.717) is 36.4 Å². The third-order valence-corrected chi connectivity index (χ3v) is 5.26. The van der Waals surface area contributed by atoms with Crippen molar-refractivity contribution in [1.82, 2.24) is 0 Å². The number of hydrogen-bond acceptors (Lipinski definition) is 3. The monoisotopic (exact) mass is 467 g/mol. The van der Waals surface area contributed by atoms with Crippen LogP contribution in [0.3, 0.4) is 0 Å². The quantitative estimate of drug-likeness (QED) is 0.634. The molecule has 14 heteroatoms. The van der Waals surface area contributed by atoms with Gasteiger partial charge in [-0.25, -0.2) is 8.42 Å². The maximum Gasteiger partial charge on any atom is 0.430 e. The average molecular weight is 467 g/mol. The highest BCUT2D eigenvalue weighted by Crippen LogP contribution is 2.50. The van der Waals surface area contributed by atoms with Crippen LogP contribution in [0.1, 0.15) is 11.1 Å². The molecule has 0 atom stereocenters. The number of aliphatic hydroxyl groups is 1. The van der Waals surface area contributed by atoms with Gasteiger partial charge in [-0.15, -0.1) is 0 Å². The van der Waals surface area contributed by atoms with Crippen LogP contribution in [0.2, 0.25) is 0 Å². The van der Waals surface area contributed by atoms with E-state index >= 15 is 0 Å². The van der Waals surface area contributed by atoms with Crippen molar-refractivity contribution in [2.45, 2.75) is 29.0 Å². The number of anilines is 1. The standard InChI is InChI=1S/C16H10F9NO3S/c17-14(18,19)10-3-7-12(8-4-10)30(28,29)26-11-5-1-9(2-6-11)13(27,15(20,21)22)16(23,24)25/h1-8,26-27H. The average Bonchev–Trinajstić information content (AvgIpc) is 2.59. The molecule has 166 valence electrons. The number of nitrogens with one attached hydrogen (secondary N) is 1. The van der Waals surface area contributed by atoms with Gasteiger partial charge in [-0.1, -0.05) is 12.1 Å². The molecule has 0 spiro atoms. The number of rotatable bonds is 4. The molecule has 0 aliphatic heterocycles. The van der Waals surface area contributed by atoms with E-state index < -0.39 is 55.9 Å². The van der Waals surface area contributed by atoms with E-state index in [1.807, 2.05) is 0 Å². The van der Waals surface area contributed by atoms with Gasteiger partial charge in [0.05, 0.1) is 10.5 Å². The predicted octanol–water partition coefficient (Wildman–Crippen LogP) is 4.82. The molecule has 0 fully saturated rings. The van der Waals surface area contributed by atoms with E-state index in [1.165, 1.54) is 0 Å². The van der Waals surface area contributed by atoms with Gasteiger partial charge in [0.1, 0.15) is 0 Å². The molecule has 0 radical (unpaired) electrons. The Labute approximate surface area is 163 Å². The van der Waals surface area contributed by atoms with E-state index in [-0.39, 0.29) is 12.1 Å². The second kappa shape index (κ2) is 7.34. The van der Waals surface area contributed by atoms with E-state index in [0.717, 1.165) is 0 Å². The third kappa shape index (κ3) is 4.48. The molecular formula is C16H10F9NO3S. The van der Waals surface area contributed by atoms with Crippen molar-refractivity contribution >= 4 is 15.7 Å². The number of hydrogen-bond donors (Lipinski definition) is 2. The number of sulfonamides is 1. The molecule has 2 aromatic carbocycles. The Kier molecular flexibility index (Phi) is 5.82. The van der Waals surface area contributed by atoms with Gasteiger partial charge in [-0.2, -0.15) is 39.5 Å². The van der Waals surface area contributed by atoms with Gasteiger partial charge in [0.2, 0.25) is 0 Å². The van der Waals surface area contributed by atoms with E-state index in [9.17, 15) is 53.0 Å². The van der Waals surface area contributed by atoms with E-state index in [2.05, 4.69) is 0 Å². The molecule has 0 bridgehead atoms. The fourth-order valence-electron chi connectivity index (χ4n) is 2.30. The molecule has 0 amide bonds. The first kappa shape index (κ1) is 23.8. The first-order valence-electron chi connectivity index (χ1n) is 7.56. The topological polar surface area (TPSA) is 66.4 Å². The summed E-state index contributed by atoms with van der Waals surface area (Å²) < 4.78 is 141. The molecule has 0 aromatic heterocycles. The Morgan fingerprint density at radius 1 is 0.667 bits per heavy atom. The highest BCUT2D eigenvalue weighted by atomic mass is 32.2. The zero-order valence-corrected chi connectivity index (χ0v) is 15.0. The Bertz CT molecular complexity index is 979. The predicted molar refractivity (Wildman–Crippen MR) is 84.7 cm³/mol. The SMILES string of the molecule is O=S(=O)(Nc1ccc(C(O)(C(F)(F)F)C(F)(F)F)cc1)c1ccc(C(F)(F)F)cc1. The largest absolute Gasteiger partial charge is 0.430 e. The lowest BCUT2D eigenvalue weighted by molar-refractivity contribution is -0.376. The Morgan fingerprint density at radius 3 is 1.43 bits per heavy atom. The molecule has 2 aromatic rings. The summed E-state index contributed by atoms with van der Waals surface area (Å²) in [6, 6.07) is 3.67. The normalized spacial score (nSPS) is 13.9. The van der Waals surface area contributed by atoms with Crippen molar-refractivity contribution in [3.05, 3.63) is 59.7 Å². The minimum atomic E-state index is -6.12. The van der Waals surface area contributed by atoms with Crippen LogP contribution in [0, 0.1) is 0 Å².